The molecule has 86 valence electrons. The van der Waals surface area contributed by atoms with E-state index in [0.29, 0.717) is 26.2 Å². The van der Waals surface area contributed by atoms with Crippen LogP contribution in [0.4, 0.5) is 0 Å². The van der Waals surface area contributed by atoms with Crippen LogP contribution in [0.5, 0.6) is 0 Å². The maximum absolute atomic E-state index is 11.8. The van der Waals surface area contributed by atoms with Gasteiger partial charge in [0, 0.05) is 32.2 Å². The van der Waals surface area contributed by atoms with Gasteiger partial charge in [-0.2, -0.15) is 0 Å². The van der Waals surface area contributed by atoms with E-state index in [9.17, 15) is 9.59 Å². The lowest BCUT2D eigenvalue weighted by atomic mass is 10.2. The number of rotatable bonds is 3. The molecule has 1 saturated heterocycles. The van der Waals surface area contributed by atoms with Crippen molar-refractivity contribution in [2.24, 2.45) is 5.73 Å². The number of hydrogen-bond acceptors (Lipinski definition) is 3. The lowest BCUT2D eigenvalue weighted by Gasteiger charge is -2.25. The molecule has 2 amide bonds. The summed E-state index contributed by atoms with van der Waals surface area (Å²) in [6, 6.07) is -0.0572. The molecule has 1 rings (SSSR count). The summed E-state index contributed by atoms with van der Waals surface area (Å²) in [4.78, 5) is 26.7. The van der Waals surface area contributed by atoms with Crippen molar-refractivity contribution in [3.63, 3.8) is 0 Å². The Bertz CT molecular complexity index is 255. The number of likely N-dealkylation sites (N-methyl/N-ethyl adjacent to an activating group) is 1. The molecule has 1 aliphatic rings. The molecule has 5 nitrogen and oxygen atoms in total. The number of nitrogens with two attached hydrogens (primary N) is 1. The van der Waals surface area contributed by atoms with Gasteiger partial charge in [0.2, 0.25) is 0 Å². The predicted molar refractivity (Wildman–Crippen MR) is 57.1 cm³/mol. The molecule has 15 heavy (non-hydrogen) atoms. The number of amides is 2. The largest absolute Gasteiger partial charge is 0.335 e. The van der Waals surface area contributed by atoms with Gasteiger partial charge < -0.3 is 15.5 Å². The third-order valence-corrected chi connectivity index (χ3v) is 2.81. The van der Waals surface area contributed by atoms with E-state index >= 15 is 0 Å². The van der Waals surface area contributed by atoms with Crippen LogP contribution in [0, 0.1) is 0 Å². The van der Waals surface area contributed by atoms with E-state index in [1.807, 2.05) is 13.8 Å². The van der Waals surface area contributed by atoms with Gasteiger partial charge in [0.25, 0.3) is 0 Å². The van der Waals surface area contributed by atoms with Crippen LogP contribution < -0.4 is 5.73 Å². The molecule has 1 aliphatic heterocycles. The van der Waals surface area contributed by atoms with Crippen LogP contribution >= 0.6 is 0 Å². The van der Waals surface area contributed by atoms with E-state index in [0.717, 1.165) is 6.42 Å². The van der Waals surface area contributed by atoms with E-state index in [2.05, 4.69) is 0 Å². The molecular weight excluding hydrogens is 194 g/mol. The van der Waals surface area contributed by atoms with E-state index < -0.39 is 11.8 Å². The van der Waals surface area contributed by atoms with E-state index in [4.69, 9.17) is 5.73 Å². The second-order valence-corrected chi connectivity index (χ2v) is 3.82. The fourth-order valence-electron chi connectivity index (χ4n) is 1.74. The zero-order valence-electron chi connectivity index (χ0n) is 9.40. The van der Waals surface area contributed by atoms with Gasteiger partial charge in [0.05, 0.1) is 0 Å². The Morgan fingerprint density at radius 3 is 2.53 bits per heavy atom. The van der Waals surface area contributed by atoms with Crippen LogP contribution in [0.2, 0.25) is 0 Å². The predicted octanol–water partition coefficient (Wildman–Crippen LogP) is -0.586. The van der Waals surface area contributed by atoms with Gasteiger partial charge in [0.15, 0.2) is 0 Å². The minimum absolute atomic E-state index is 0.0572. The number of carbonyl (C=O) groups excluding carboxylic acids is 2. The highest BCUT2D eigenvalue weighted by atomic mass is 16.2. The van der Waals surface area contributed by atoms with Crippen molar-refractivity contribution in [3.05, 3.63) is 0 Å². The molecule has 1 heterocycles. The van der Waals surface area contributed by atoms with Crippen LogP contribution in [0.1, 0.15) is 20.3 Å². The van der Waals surface area contributed by atoms with Crippen LogP contribution in [0.3, 0.4) is 0 Å². The number of hydrogen-bond donors (Lipinski definition) is 1. The molecule has 0 aliphatic carbocycles. The molecule has 0 aromatic carbocycles. The zero-order chi connectivity index (χ0) is 11.4. The number of nitrogens with zero attached hydrogens (tertiary/aromatic N) is 2. The number of carbonyl (C=O) groups is 2. The molecular formula is C10H19N3O2. The first-order valence-electron chi connectivity index (χ1n) is 5.41. The van der Waals surface area contributed by atoms with Crippen molar-refractivity contribution in [2.75, 3.05) is 26.2 Å². The maximum Gasteiger partial charge on any atom is 0.312 e. The third-order valence-electron chi connectivity index (χ3n) is 2.81. The first-order valence-corrected chi connectivity index (χ1v) is 5.41. The summed E-state index contributed by atoms with van der Waals surface area (Å²) in [6.45, 7) is 6.02. The van der Waals surface area contributed by atoms with E-state index in [-0.39, 0.29) is 6.04 Å². The van der Waals surface area contributed by atoms with Gasteiger partial charge in [-0.1, -0.05) is 0 Å². The zero-order valence-corrected chi connectivity index (χ0v) is 9.40. The van der Waals surface area contributed by atoms with Gasteiger partial charge in [-0.05, 0) is 20.3 Å². The van der Waals surface area contributed by atoms with Crippen molar-refractivity contribution in [1.82, 2.24) is 9.80 Å². The first kappa shape index (κ1) is 12.0. The first-order chi connectivity index (χ1) is 7.11. The molecule has 1 unspecified atom stereocenters. The summed E-state index contributed by atoms with van der Waals surface area (Å²) < 4.78 is 0. The molecule has 0 saturated carbocycles. The summed E-state index contributed by atoms with van der Waals surface area (Å²) in [6.07, 6.45) is 0.829. The summed E-state index contributed by atoms with van der Waals surface area (Å²) in [5.74, 6) is -0.803. The molecule has 0 spiro atoms. The molecule has 5 heteroatoms. The van der Waals surface area contributed by atoms with Gasteiger partial charge in [-0.3, -0.25) is 9.59 Å². The third kappa shape index (κ3) is 2.47. The van der Waals surface area contributed by atoms with Crippen LogP contribution in [0.25, 0.3) is 0 Å². The lowest BCUT2D eigenvalue weighted by Crippen LogP contribution is -2.47. The normalized spacial score (nSPS) is 20.5. The standard InChI is InChI=1S/C10H19N3O2/c1-3-12-5-4-6-13(8(2)7-11)10(15)9(12)14/h8H,3-7,11H2,1-2H3. The smallest absolute Gasteiger partial charge is 0.312 e. The van der Waals surface area contributed by atoms with E-state index in [1.54, 1.807) is 9.80 Å². The molecule has 1 fully saturated rings. The van der Waals surface area contributed by atoms with E-state index in [1.165, 1.54) is 0 Å². The molecule has 0 aromatic heterocycles. The van der Waals surface area contributed by atoms with Gasteiger partial charge in [0.1, 0.15) is 0 Å². The molecule has 0 radical (unpaired) electrons. The topological polar surface area (TPSA) is 66.6 Å². The van der Waals surface area contributed by atoms with Crippen molar-refractivity contribution < 1.29 is 9.59 Å². The second kappa shape index (κ2) is 5.11. The quantitative estimate of drug-likeness (QED) is 0.637. The Morgan fingerprint density at radius 1 is 1.33 bits per heavy atom. The summed E-state index contributed by atoms with van der Waals surface area (Å²) in [5, 5.41) is 0. The lowest BCUT2D eigenvalue weighted by molar-refractivity contribution is -0.151. The second-order valence-electron chi connectivity index (χ2n) is 3.82. The molecule has 1 atom stereocenters. The fraction of sp³-hybridized carbons (Fsp3) is 0.800. The SMILES string of the molecule is CCN1CCCN(C(C)CN)C(=O)C1=O. The van der Waals surface area contributed by atoms with Crippen LogP contribution in [0.15, 0.2) is 0 Å². The average molecular weight is 213 g/mol. The van der Waals surface area contributed by atoms with Crippen molar-refractivity contribution in [1.29, 1.82) is 0 Å². The summed E-state index contributed by atoms with van der Waals surface area (Å²) in [5.41, 5.74) is 5.51. The molecule has 0 bridgehead atoms. The van der Waals surface area contributed by atoms with Crippen molar-refractivity contribution >= 4 is 11.8 Å². The van der Waals surface area contributed by atoms with Crippen LogP contribution in [-0.4, -0.2) is 53.8 Å². The van der Waals surface area contributed by atoms with Gasteiger partial charge >= 0.3 is 11.8 Å². The summed E-state index contributed by atoms with van der Waals surface area (Å²) in [7, 11) is 0. The fourth-order valence-corrected chi connectivity index (χ4v) is 1.74. The Hall–Kier alpha value is -1.10. The van der Waals surface area contributed by atoms with Crippen molar-refractivity contribution in [2.45, 2.75) is 26.3 Å². The van der Waals surface area contributed by atoms with Crippen LogP contribution in [-0.2, 0) is 9.59 Å². The molecule has 0 aromatic rings. The van der Waals surface area contributed by atoms with Crippen molar-refractivity contribution in [3.8, 4) is 0 Å². The Labute approximate surface area is 90.2 Å². The summed E-state index contributed by atoms with van der Waals surface area (Å²) >= 11 is 0. The average Bonchev–Trinajstić information content (AvgIpc) is 2.39. The highest BCUT2D eigenvalue weighted by Crippen LogP contribution is 2.08. The molecule has 2 N–H and O–H groups in total. The maximum atomic E-state index is 11.8. The Kier molecular flexibility index (Phi) is 4.08. The minimum atomic E-state index is -0.410. The minimum Gasteiger partial charge on any atom is -0.335 e. The highest BCUT2D eigenvalue weighted by molar-refractivity contribution is 6.35. The van der Waals surface area contributed by atoms with Gasteiger partial charge in [-0.15, -0.1) is 0 Å². The Balaban J connectivity index is 2.78. The Morgan fingerprint density at radius 2 is 2.00 bits per heavy atom. The highest BCUT2D eigenvalue weighted by Gasteiger charge is 2.31. The monoisotopic (exact) mass is 213 g/mol. The van der Waals surface area contributed by atoms with Gasteiger partial charge in [-0.25, -0.2) is 0 Å².